The fraction of sp³-hybridized carbons (Fsp3) is 0.333. The molecule has 2 heterocycles. The molecule has 0 bridgehead atoms. The van der Waals surface area contributed by atoms with Gasteiger partial charge in [0.1, 0.15) is 5.54 Å². The Morgan fingerprint density at radius 2 is 1.68 bits per heavy atom. The maximum Gasteiger partial charge on any atom is 0.325 e. The number of nitrogens with one attached hydrogen (secondary N) is 1. The molecule has 2 aromatic carbocycles. The summed E-state index contributed by atoms with van der Waals surface area (Å²) in [6.07, 6.45) is 0. The molecule has 7 nitrogen and oxygen atoms in total. The van der Waals surface area contributed by atoms with E-state index in [1.807, 2.05) is 55.5 Å². The standard InChI is InChI=1S/C24H26N4O3/c1-15-6-8-16(9-7-15)20-25-19(27-31-20)14-28-21(29)24(5,26-22(28)30)18-12-10-17(11-13-18)23(2,3)4/h6-13H,14H2,1-5H3,(H,26,30). The van der Waals surface area contributed by atoms with Crippen LogP contribution in [0, 0.1) is 6.92 Å². The summed E-state index contributed by atoms with van der Waals surface area (Å²) in [7, 11) is 0. The number of rotatable bonds is 4. The molecule has 1 fully saturated rings. The number of carbonyl (C=O) groups is 2. The fourth-order valence-electron chi connectivity index (χ4n) is 3.61. The summed E-state index contributed by atoms with van der Waals surface area (Å²) < 4.78 is 5.32. The van der Waals surface area contributed by atoms with Crippen molar-refractivity contribution in [3.63, 3.8) is 0 Å². The van der Waals surface area contributed by atoms with Crippen molar-refractivity contribution in [3.05, 3.63) is 71.0 Å². The third kappa shape index (κ3) is 3.83. The molecule has 4 rings (SSSR count). The van der Waals surface area contributed by atoms with Crippen LogP contribution in [0.5, 0.6) is 0 Å². The first-order chi connectivity index (χ1) is 14.6. The minimum atomic E-state index is -1.14. The summed E-state index contributed by atoms with van der Waals surface area (Å²) in [6.45, 7) is 10.0. The molecule has 0 radical (unpaired) electrons. The maximum atomic E-state index is 13.2. The van der Waals surface area contributed by atoms with Crippen LogP contribution in [0.1, 0.15) is 50.2 Å². The van der Waals surface area contributed by atoms with E-state index in [1.54, 1.807) is 6.92 Å². The van der Waals surface area contributed by atoms with Gasteiger partial charge in [0.05, 0.1) is 6.54 Å². The first kappa shape index (κ1) is 20.8. The number of carbonyl (C=O) groups excluding carboxylic acids is 2. The Morgan fingerprint density at radius 1 is 1.03 bits per heavy atom. The fourth-order valence-corrected chi connectivity index (χ4v) is 3.61. The third-order valence-electron chi connectivity index (χ3n) is 5.67. The Bertz CT molecular complexity index is 1130. The molecule has 1 aromatic heterocycles. The van der Waals surface area contributed by atoms with Crippen LogP contribution in [0.4, 0.5) is 4.79 Å². The summed E-state index contributed by atoms with van der Waals surface area (Å²) in [5, 5.41) is 6.77. The van der Waals surface area contributed by atoms with Crippen molar-refractivity contribution >= 4 is 11.9 Å². The van der Waals surface area contributed by atoms with E-state index in [-0.39, 0.29) is 23.7 Å². The summed E-state index contributed by atoms with van der Waals surface area (Å²) in [5.74, 6) is 0.275. The molecule has 0 spiro atoms. The van der Waals surface area contributed by atoms with Crippen LogP contribution in [0.3, 0.4) is 0 Å². The third-order valence-corrected chi connectivity index (χ3v) is 5.67. The number of aromatic nitrogens is 2. The predicted molar refractivity (Wildman–Crippen MR) is 116 cm³/mol. The molecule has 7 heteroatoms. The average Bonchev–Trinajstić information content (AvgIpc) is 3.27. The van der Waals surface area contributed by atoms with Gasteiger partial charge in [-0.3, -0.25) is 9.69 Å². The minimum Gasteiger partial charge on any atom is -0.334 e. The van der Waals surface area contributed by atoms with Crippen molar-refractivity contribution in [2.75, 3.05) is 0 Å². The minimum absolute atomic E-state index is 0.00216. The molecule has 1 unspecified atom stereocenters. The number of aryl methyl sites for hydroxylation is 1. The molecule has 31 heavy (non-hydrogen) atoms. The maximum absolute atomic E-state index is 13.2. The van der Waals surface area contributed by atoms with E-state index in [0.29, 0.717) is 5.89 Å². The second-order valence-corrected chi connectivity index (χ2v) is 9.16. The van der Waals surface area contributed by atoms with E-state index in [0.717, 1.165) is 27.2 Å². The van der Waals surface area contributed by atoms with Gasteiger partial charge in [-0.25, -0.2) is 4.79 Å². The molecule has 0 saturated carbocycles. The zero-order valence-corrected chi connectivity index (χ0v) is 18.4. The first-order valence-electron chi connectivity index (χ1n) is 10.2. The quantitative estimate of drug-likeness (QED) is 0.638. The van der Waals surface area contributed by atoms with Crippen LogP contribution in [-0.4, -0.2) is 27.0 Å². The predicted octanol–water partition coefficient (Wildman–Crippen LogP) is 4.31. The highest BCUT2D eigenvalue weighted by atomic mass is 16.5. The van der Waals surface area contributed by atoms with Gasteiger partial charge in [-0.15, -0.1) is 0 Å². The van der Waals surface area contributed by atoms with Gasteiger partial charge in [0.25, 0.3) is 11.8 Å². The highest BCUT2D eigenvalue weighted by Crippen LogP contribution is 2.32. The van der Waals surface area contributed by atoms with Crippen LogP contribution < -0.4 is 5.32 Å². The molecule has 3 aromatic rings. The number of urea groups is 1. The van der Waals surface area contributed by atoms with Crippen LogP contribution in [0.2, 0.25) is 0 Å². The van der Waals surface area contributed by atoms with E-state index < -0.39 is 11.6 Å². The SMILES string of the molecule is Cc1ccc(-c2nc(CN3C(=O)NC(C)(c4ccc(C(C)(C)C)cc4)C3=O)no2)cc1. The van der Waals surface area contributed by atoms with Crippen LogP contribution >= 0.6 is 0 Å². The summed E-state index contributed by atoms with van der Waals surface area (Å²) >= 11 is 0. The molecule has 3 amide bonds. The molecule has 1 atom stereocenters. The van der Waals surface area contributed by atoms with Crippen LogP contribution in [-0.2, 0) is 22.3 Å². The number of hydrogen-bond donors (Lipinski definition) is 1. The topological polar surface area (TPSA) is 88.3 Å². The van der Waals surface area contributed by atoms with Crippen LogP contribution in [0.25, 0.3) is 11.5 Å². The molecular formula is C24H26N4O3. The van der Waals surface area contributed by atoms with E-state index in [4.69, 9.17) is 4.52 Å². The first-order valence-corrected chi connectivity index (χ1v) is 10.2. The van der Waals surface area contributed by atoms with Crippen molar-refractivity contribution in [1.82, 2.24) is 20.4 Å². The van der Waals surface area contributed by atoms with Crippen molar-refractivity contribution in [1.29, 1.82) is 0 Å². The Hall–Kier alpha value is -3.48. The van der Waals surface area contributed by atoms with Gasteiger partial charge in [-0.2, -0.15) is 4.98 Å². The molecule has 160 valence electrons. The smallest absolute Gasteiger partial charge is 0.325 e. The summed E-state index contributed by atoms with van der Waals surface area (Å²) in [4.78, 5) is 31.3. The van der Waals surface area contributed by atoms with Gasteiger partial charge in [0.15, 0.2) is 5.82 Å². The van der Waals surface area contributed by atoms with Crippen molar-refractivity contribution in [2.24, 2.45) is 0 Å². The molecule has 1 saturated heterocycles. The van der Waals surface area contributed by atoms with Gasteiger partial charge >= 0.3 is 6.03 Å². The number of hydrogen-bond acceptors (Lipinski definition) is 5. The monoisotopic (exact) mass is 418 g/mol. The summed E-state index contributed by atoms with van der Waals surface area (Å²) in [5.41, 5.74) is 2.65. The Balaban J connectivity index is 1.54. The number of nitrogens with zero attached hydrogens (tertiary/aromatic N) is 3. The van der Waals surface area contributed by atoms with Gasteiger partial charge in [0, 0.05) is 5.56 Å². The Kier molecular flexibility index (Phi) is 4.92. The van der Waals surface area contributed by atoms with Gasteiger partial charge in [0.2, 0.25) is 0 Å². The zero-order chi connectivity index (χ0) is 22.4. The van der Waals surface area contributed by atoms with Gasteiger partial charge < -0.3 is 9.84 Å². The van der Waals surface area contributed by atoms with E-state index >= 15 is 0 Å². The number of imide groups is 1. The Labute approximate surface area is 181 Å². The molecule has 1 N–H and O–H groups in total. The summed E-state index contributed by atoms with van der Waals surface area (Å²) in [6, 6.07) is 15.0. The second-order valence-electron chi connectivity index (χ2n) is 9.16. The van der Waals surface area contributed by atoms with Gasteiger partial charge in [-0.05, 0) is 42.5 Å². The van der Waals surface area contributed by atoms with E-state index in [9.17, 15) is 9.59 Å². The van der Waals surface area contributed by atoms with Crippen LogP contribution in [0.15, 0.2) is 53.1 Å². The molecule has 1 aliphatic heterocycles. The van der Waals surface area contributed by atoms with Crippen molar-refractivity contribution < 1.29 is 14.1 Å². The highest BCUT2D eigenvalue weighted by Gasteiger charge is 2.49. The largest absolute Gasteiger partial charge is 0.334 e. The van der Waals surface area contributed by atoms with E-state index in [2.05, 4.69) is 36.2 Å². The Morgan fingerprint density at radius 3 is 2.29 bits per heavy atom. The van der Waals surface area contributed by atoms with E-state index in [1.165, 1.54) is 0 Å². The normalized spacial score (nSPS) is 19.1. The van der Waals surface area contributed by atoms with Crippen molar-refractivity contribution in [2.45, 2.75) is 52.1 Å². The molecular weight excluding hydrogens is 392 g/mol. The lowest BCUT2D eigenvalue weighted by atomic mass is 9.84. The average molecular weight is 418 g/mol. The van der Waals surface area contributed by atoms with Gasteiger partial charge in [-0.1, -0.05) is 67.9 Å². The lowest BCUT2D eigenvalue weighted by Crippen LogP contribution is -2.40. The molecule has 0 aliphatic carbocycles. The number of amides is 3. The molecule has 1 aliphatic rings. The van der Waals surface area contributed by atoms with Crippen molar-refractivity contribution in [3.8, 4) is 11.5 Å². The highest BCUT2D eigenvalue weighted by molar-refractivity contribution is 6.07. The lowest BCUT2D eigenvalue weighted by molar-refractivity contribution is -0.131. The number of benzene rings is 2. The second kappa shape index (κ2) is 7.34. The lowest BCUT2D eigenvalue weighted by Gasteiger charge is -2.24. The zero-order valence-electron chi connectivity index (χ0n) is 18.4.